The number of ether oxygens (including phenoxy) is 1. The van der Waals surface area contributed by atoms with Gasteiger partial charge in [-0.3, -0.25) is 5.10 Å². The van der Waals surface area contributed by atoms with Gasteiger partial charge in [-0.1, -0.05) is 19.1 Å². The third-order valence-electron chi connectivity index (χ3n) is 4.86. The number of aliphatic hydroxyl groups is 1. The SMILES string of the molecule is CCCOC(C)(C)[C@H](O)c1cnc2c(cnn2-c2cccc(-c3ncn[nH]3)c2)c1. The van der Waals surface area contributed by atoms with Crippen LogP contribution in [-0.2, 0) is 4.74 Å². The second kappa shape index (κ2) is 7.73. The molecule has 0 saturated heterocycles. The van der Waals surface area contributed by atoms with Crippen LogP contribution in [0.2, 0.25) is 0 Å². The smallest absolute Gasteiger partial charge is 0.162 e. The predicted octanol–water partition coefficient (Wildman–Crippen LogP) is 3.44. The largest absolute Gasteiger partial charge is 0.385 e. The number of aliphatic hydroxyl groups excluding tert-OH is 1. The summed E-state index contributed by atoms with van der Waals surface area (Å²) in [5.41, 5.74) is 2.48. The second-order valence-corrected chi connectivity index (χ2v) is 7.48. The van der Waals surface area contributed by atoms with Crippen LogP contribution in [0.15, 0.2) is 49.1 Å². The van der Waals surface area contributed by atoms with Crippen molar-refractivity contribution in [2.45, 2.75) is 38.9 Å². The number of rotatable bonds is 7. The summed E-state index contributed by atoms with van der Waals surface area (Å²) in [6.45, 7) is 6.41. The lowest BCUT2D eigenvalue weighted by Gasteiger charge is -2.30. The molecule has 0 saturated carbocycles. The molecule has 0 radical (unpaired) electrons. The summed E-state index contributed by atoms with van der Waals surface area (Å²) in [5.74, 6) is 0.691. The molecule has 3 aromatic heterocycles. The molecule has 8 nitrogen and oxygen atoms in total. The molecule has 0 unspecified atom stereocenters. The van der Waals surface area contributed by atoms with Crippen molar-refractivity contribution in [1.29, 1.82) is 0 Å². The van der Waals surface area contributed by atoms with Gasteiger partial charge in [0.2, 0.25) is 0 Å². The molecule has 150 valence electrons. The van der Waals surface area contributed by atoms with Gasteiger partial charge in [0.15, 0.2) is 11.5 Å². The number of nitrogens with one attached hydrogen (secondary N) is 1. The van der Waals surface area contributed by atoms with Crippen molar-refractivity contribution < 1.29 is 9.84 Å². The van der Waals surface area contributed by atoms with E-state index in [2.05, 4.69) is 25.3 Å². The van der Waals surface area contributed by atoms with Crippen LogP contribution in [0.1, 0.15) is 38.9 Å². The lowest BCUT2D eigenvalue weighted by molar-refractivity contribution is -0.102. The lowest BCUT2D eigenvalue weighted by Crippen LogP contribution is -2.33. The van der Waals surface area contributed by atoms with Crippen molar-refractivity contribution in [2.24, 2.45) is 0 Å². The van der Waals surface area contributed by atoms with Crippen LogP contribution in [-0.4, -0.2) is 47.3 Å². The fraction of sp³-hybridized carbons (Fsp3) is 0.333. The van der Waals surface area contributed by atoms with E-state index in [1.807, 2.05) is 51.1 Å². The first-order valence-electron chi connectivity index (χ1n) is 9.61. The van der Waals surface area contributed by atoms with Gasteiger partial charge in [-0.15, -0.1) is 0 Å². The number of hydrogen-bond donors (Lipinski definition) is 2. The fourth-order valence-corrected chi connectivity index (χ4v) is 3.25. The predicted molar refractivity (Wildman–Crippen MR) is 110 cm³/mol. The minimum Gasteiger partial charge on any atom is -0.385 e. The van der Waals surface area contributed by atoms with E-state index in [4.69, 9.17) is 4.74 Å². The van der Waals surface area contributed by atoms with Crippen LogP contribution in [0.5, 0.6) is 0 Å². The molecule has 2 N–H and O–H groups in total. The molecule has 0 aliphatic rings. The molecular weight excluding hydrogens is 368 g/mol. The maximum absolute atomic E-state index is 10.8. The minimum atomic E-state index is -0.788. The Morgan fingerprint density at radius 1 is 1.21 bits per heavy atom. The Morgan fingerprint density at radius 2 is 2.07 bits per heavy atom. The van der Waals surface area contributed by atoms with Gasteiger partial charge in [0.25, 0.3) is 0 Å². The van der Waals surface area contributed by atoms with Gasteiger partial charge in [0.1, 0.15) is 12.4 Å². The Balaban J connectivity index is 1.67. The van der Waals surface area contributed by atoms with E-state index in [-0.39, 0.29) is 0 Å². The van der Waals surface area contributed by atoms with E-state index in [0.29, 0.717) is 23.6 Å². The van der Waals surface area contributed by atoms with E-state index in [0.717, 1.165) is 23.1 Å². The number of fused-ring (bicyclic) bond motifs is 1. The summed E-state index contributed by atoms with van der Waals surface area (Å²) < 4.78 is 7.59. The van der Waals surface area contributed by atoms with Crippen molar-refractivity contribution in [3.63, 3.8) is 0 Å². The average Bonchev–Trinajstić information content (AvgIpc) is 3.41. The third kappa shape index (κ3) is 3.76. The quantitative estimate of drug-likeness (QED) is 0.499. The zero-order valence-corrected chi connectivity index (χ0v) is 16.7. The summed E-state index contributed by atoms with van der Waals surface area (Å²) in [5, 5.41) is 22.9. The maximum atomic E-state index is 10.8. The molecule has 0 spiro atoms. The molecule has 3 heterocycles. The summed E-state index contributed by atoms with van der Waals surface area (Å²) in [7, 11) is 0. The molecule has 4 aromatic rings. The summed E-state index contributed by atoms with van der Waals surface area (Å²) in [6.07, 6.45) is 5.02. The van der Waals surface area contributed by atoms with Crippen LogP contribution in [0.3, 0.4) is 0 Å². The fourth-order valence-electron chi connectivity index (χ4n) is 3.25. The van der Waals surface area contributed by atoms with Crippen molar-refractivity contribution in [1.82, 2.24) is 29.9 Å². The number of hydrogen-bond acceptors (Lipinski definition) is 6. The monoisotopic (exact) mass is 392 g/mol. The van der Waals surface area contributed by atoms with Gasteiger partial charge in [-0.2, -0.15) is 10.2 Å². The van der Waals surface area contributed by atoms with Crippen molar-refractivity contribution >= 4 is 11.0 Å². The zero-order valence-electron chi connectivity index (χ0n) is 16.7. The molecule has 0 amide bonds. The molecule has 29 heavy (non-hydrogen) atoms. The molecule has 8 heteroatoms. The molecular formula is C21H24N6O2. The van der Waals surface area contributed by atoms with Gasteiger partial charge >= 0.3 is 0 Å². The van der Waals surface area contributed by atoms with Gasteiger partial charge < -0.3 is 9.84 Å². The van der Waals surface area contributed by atoms with E-state index in [1.165, 1.54) is 6.33 Å². The highest BCUT2D eigenvalue weighted by Gasteiger charge is 2.30. The van der Waals surface area contributed by atoms with E-state index < -0.39 is 11.7 Å². The molecule has 0 aliphatic carbocycles. The van der Waals surface area contributed by atoms with Gasteiger partial charge in [0, 0.05) is 29.3 Å². The van der Waals surface area contributed by atoms with Gasteiger partial charge in [0.05, 0.1) is 17.5 Å². The highest BCUT2D eigenvalue weighted by molar-refractivity contribution is 5.77. The first-order valence-corrected chi connectivity index (χ1v) is 9.61. The molecule has 0 fully saturated rings. The normalized spacial score (nSPS) is 13.1. The average molecular weight is 392 g/mol. The number of pyridine rings is 1. The Labute approximate surface area is 168 Å². The Hall–Kier alpha value is -3.10. The molecule has 0 aliphatic heterocycles. The zero-order chi connectivity index (χ0) is 20.4. The number of aromatic amines is 1. The van der Waals surface area contributed by atoms with Crippen molar-refractivity contribution in [3.05, 3.63) is 54.6 Å². The summed E-state index contributed by atoms with van der Waals surface area (Å²) in [4.78, 5) is 8.77. The second-order valence-electron chi connectivity index (χ2n) is 7.48. The molecule has 0 bridgehead atoms. The Morgan fingerprint density at radius 3 is 2.83 bits per heavy atom. The molecule has 1 atom stereocenters. The maximum Gasteiger partial charge on any atom is 0.162 e. The standard InChI is InChI=1S/C21H24N6O2/c1-4-8-29-21(2,3)18(28)15-9-16-12-25-27(20(16)22-11-15)17-7-5-6-14(10-17)19-23-13-24-26-19/h5-7,9-13,18,28H,4,8H2,1-3H3,(H,23,24,26)/t18-/m1/s1. The van der Waals surface area contributed by atoms with Crippen LogP contribution in [0.4, 0.5) is 0 Å². The molecule has 4 rings (SSSR count). The van der Waals surface area contributed by atoms with Crippen molar-refractivity contribution in [2.75, 3.05) is 6.61 Å². The lowest BCUT2D eigenvalue weighted by atomic mass is 9.95. The van der Waals surface area contributed by atoms with E-state index in [1.54, 1.807) is 17.1 Å². The van der Waals surface area contributed by atoms with E-state index in [9.17, 15) is 5.11 Å². The van der Waals surface area contributed by atoms with Gasteiger partial charge in [-0.25, -0.2) is 14.6 Å². The Bertz CT molecular complexity index is 1100. The highest BCUT2D eigenvalue weighted by Crippen LogP contribution is 2.30. The van der Waals surface area contributed by atoms with Crippen LogP contribution < -0.4 is 0 Å². The molecule has 1 aromatic carbocycles. The summed E-state index contributed by atoms with van der Waals surface area (Å²) in [6, 6.07) is 9.73. The van der Waals surface area contributed by atoms with Crippen LogP contribution in [0, 0.1) is 0 Å². The van der Waals surface area contributed by atoms with E-state index >= 15 is 0 Å². The first kappa shape index (κ1) is 19.2. The minimum absolute atomic E-state index is 0.596. The van der Waals surface area contributed by atoms with Crippen molar-refractivity contribution in [3.8, 4) is 17.1 Å². The number of aromatic nitrogens is 6. The first-order chi connectivity index (χ1) is 14.0. The summed E-state index contributed by atoms with van der Waals surface area (Å²) >= 11 is 0. The Kier molecular flexibility index (Phi) is 5.12. The van der Waals surface area contributed by atoms with Crippen LogP contribution in [0.25, 0.3) is 28.1 Å². The van der Waals surface area contributed by atoms with Crippen LogP contribution >= 0.6 is 0 Å². The third-order valence-corrected chi connectivity index (χ3v) is 4.86. The highest BCUT2D eigenvalue weighted by atomic mass is 16.5. The topological polar surface area (TPSA) is 102 Å². The number of H-pyrrole nitrogens is 1. The number of nitrogens with zero attached hydrogens (tertiary/aromatic N) is 5. The number of benzene rings is 1. The van der Waals surface area contributed by atoms with Gasteiger partial charge in [-0.05, 0) is 38.5 Å².